The monoisotopic (exact) mass is 409 g/mol. The third-order valence-corrected chi connectivity index (χ3v) is 6.42. The van der Waals surface area contributed by atoms with Crippen LogP contribution in [0, 0.1) is 11.7 Å². The van der Waals surface area contributed by atoms with Crippen molar-refractivity contribution in [3.05, 3.63) is 54.1 Å². The molecule has 1 aromatic heterocycles. The summed E-state index contributed by atoms with van der Waals surface area (Å²) in [5.41, 5.74) is 0.175. The van der Waals surface area contributed by atoms with Crippen molar-refractivity contribution in [3.63, 3.8) is 0 Å². The quantitative estimate of drug-likeness (QED) is 0.711. The second-order valence-corrected chi connectivity index (χ2v) is 8.43. The van der Waals surface area contributed by atoms with Crippen LogP contribution in [0.25, 0.3) is 0 Å². The van der Waals surface area contributed by atoms with Gasteiger partial charge in [-0.15, -0.1) is 0 Å². The van der Waals surface area contributed by atoms with Crippen LogP contribution in [-0.2, 0) is 11.3 Å². The van der Waals surface area contributed by atoms with E-state index in [0.717, 1.165) is 30.8 Å². The maximum atomic E-state index is 13.5. The van der Waals surface area contributed by atoms with Gasteiger partial charge in [0, 0.05) is 26.2 Å². The minimum absolute atomic E-state index is 0.0741. The Balaban J connectivity index is 1.40. The number of imide groups is 1. The van der Waals surface area contributed by atoms with Crippen LogP contribution in [0.5, 0.6) is 0 Å². The summed E-state index contributed by atoms with van der Waals surface area (Å²) in [4.78, 5) is 40.1. The van der Waals surface area contributed by atoms with Gasteiger partial charge in [0.25, 0.3) is 5.91 Å². The number of hydrogen-bond acceptors (Lipinski definition) is 5. The fourth-order valence-electron chi connectivity index (χ4n) is 4.52. The maximum absolute atomic E-state index is 13.5. The number of aromatic nitrogens is 2. The van der Waals surface area contributed by atoms with Crippen LogP contribution >= 0.6 is 0 Å². The summed E-state index contributed by atoms with van der Waals surface area (Å²) >= 11 is 0. The molecule has 3 fully saturated rings. The van der Waals surface area contributed by atoms with E-state index in [1.165, 1.54) is 4.90 Å². The summed E-state index contributed by atoms with van der Waals surface area (Å²) in [6.07, 6.45) is 5.47. The number of rotatable bonds is 5. The summed E-state index contributed by atoms with van der Waals surface area (Å²) in [5.74, 6) is 0.343. The molecule has 2 aliphatic heterocycles. The molecule has 0 atom stereocenters. The van der Waals surface area contributed by atoms with Crippen molar-refractivity contribution < 1.29 is 14.0 Å². The van der Waals surface area contributed by atoms with E-state index in [4.69, 9.17) is 0 Å². The van der Waals surface area contributed by atoms with E-state index in [0.29, 0.717) is 50.9 Å². The van der Waals surface area contributed by atoms with Gasteiger partial charge in [-0.1, -0.05) is 30.3 Å². The summed E-state index contributed by atoms with van der Waals surface area (Å²) in [6, 6.07) is 9.62. The van der Waals surface area contributed by atoms with Gasteiger partial charge in [0.2, 0.25) is 5.95 Å². The molecule has 0 unspecified atom stereocenters. The Bertz CT molecular complexity index is 940. The molecular weight excluding hydrogens is 385 g/mol. The molecule has 0 bridgehead atoms. The van der Waals surface area contributed by atoms with E-state index in [2.05, 4.69) is 9.97 Å². The number of nitrogens with zero attached hydrogens (tertiary/aromatic N) is 5. The molecule has 8 heteroatoms. The predicted molar refractivity (Wildman–Crippen MR) is 108 cm³/mol. The number of anilines is 1. The topological polar surface area (TPSA) is 69.6 Å². The Morgan fingerprint density at radius 3 is 2.33 bits per heavy atom. The van der Waals surface area contributed by atoms with Crippen LogP contribution in [0.2, 0.25) is 0 Å². The van der Waals surface area contributed by atoms with E-state index >= 15 is 0 Å². The van der Waals surface area contributed by atoms with Crippen molar-refractivity contribution in [3.8, 4) is 0 Å². The summed E-state index contributed by atoms with van der Waals surface area (Å²) in [5, 5.41) is 0. The second kappa shape index (κ2) is 7.34. The summed E-state index contributed by atoms with van der Waals surface area (Å²) in [7, 11) is 0. The van der Waals surface area contributed by atoms with Crippen LogP contribution < -0.4 is 4.90 Å². The zero-order chi connectivity index (χ0) is 20.7. The lowest BCUT2D eigenvalue weighted by Gasteiger charge is -2.42. The number of carbonyl (C=O) groups is 2. The Kier molecular flexibility index (Phi) is 4.64. The van der Waals surface area contributed by atoms with Gasteiger partial charge in [-0.3, -0.25) is 9.69 Å². The average molecular weight is 409 g/mol. The minimum atomic E-state index is -0.835. The number of halogens is 1. The van der Waals surface area contributed by atoms with Crippen molar-refractivity contribution in [1.82, 2.24) is 19.8 Å². The van der Waals surface area contributed by atoms with Gasteiger partial charge in [0.15, 0.2) is 5.82 Å². The number of benzene rings is 1. The maximum Gasteiger partial charge on any atom is 0.327 e. The summed E-state index contributed by atoms with van der Waals surface area (Å²) < 4.78 is 13.2. The highest BCUT2D eigenvalue weighted by Crippen LogP contribution is 2.41. The molecule has 1 spiro atoms. The van der Waals surface area contributed by atoms with Gasteiger partial charge in [0.1, 0.15) is 5.54 Å². The largest absolute Gasteiger partial charge is 0.341 e. The van der Waals surface area contributed by atoms with Crippen molar-refractivity contribution in [2.45, 2.75) is 37.8 Å². The van der Waals surface area contributed by atoms with Crippen LogP contribution in [0.3, 0.4) is 0 Å². The molecule has 1 aromatic carbocycles. The first kappa shape index (κ1) is 19.0. The van der Waals surface area contributed by atoms with Gasteiger partial charge in [-0.2, -0.15) is 0 Å². The SMILES string of the molecule is O=C1N(CC2CC2)C(=O)C2(CCN(c3ncc(F)cn3)CC2)N1Cc1ccccc1. The lowest BCUT2D eigenvalue weighted by atomic mass is 9.85. The standard InChI is InChI=1S/C22H24FN5O2/c23-18-12-24-20(25-13-18)26-10-8-22(9-11-26)19(29)27(14-17-6-7-17)21(30)28(22)15-16-4-2-1-3-5-16/h1-5,12-13,17H,6-11,14-15H2. The van der Waals surface area contributed by atoms with Crippen molar-refractivity contribution >= 4 is 17.9 Å². The molecule has 7 nitrogen and oxygen atoms in total. The normalized spacial score (nSPS) is 21.0. The van der Waals surface area contributed by atoms with E-state index in [-0.39, 0.29) is 11.9 Å². The van der Waals surface area contributed by atoms with Crippen molar-refractivity contribution in [1.29, 1.82) is 0 Å². The first-order valence-corrected chi connectivity index (χ1v) is 10.5. The molecule has 2 saturated heterocycles. The van der Waals surface area contributed by atoms with Crippen molar-refractivity contribution in [2.24, 2.45) is 5.92 Å². The second-order valence-electron chi connectivity index (χ2n) is 8.43. The number of urea groups is 1. The van der Waals surface area contributed by atoms with Crippen molar-refractivity contribution in [2.75, 3.05) is 24.5 Å². The predicted octanol–water partition coefficient (Wildman–Crippen LogP) is 2.83. The molecule has 0 N–H and O–H groups in total. The Morgan fingerprint density at radius 1 is 1.03 bits per heavy atom. The highest BCUT2D eigenvalue weighted by Gasteiger charge is 2.58. The van der Waals surface area contributed by atoms with Crippen LogP contribution in [0.15, 0.2) is 42.7 Å². The fraction of sp³-hybridized carbons (Fsp3) is 0.455. The molecule has 2 aromatic rings. The fourth-order valence-corrected chi connectivity index (χ4v) is 4.52. The Labute approximate surface area is 174 Å². The van der Waals surface area contributed by atoms with Gasteiger partial charge in [-0.05, 0) is 37.2 Å². The minimum Gasteiger partial charge on any atom is -0.341 e. The molecule has 3 amide bonds. The molecule has 3 aliphatic rings. The number of carbonyl (C=O) groups excluding carboxylic acids is 2. The van der Waals surface area contributed by atoms with Crippen LogP contribution in [0.4, 0.5) is 15.1 Å². The first-order valence-electron chi connectivity index (χ1n) is 10.5. The lowest BCUT2D eigenvalue weighted by molar-refractivity contribution is -0.134. The van der Waals surface area contributed by atoms with E-state index in [9.17, 15) is 14.0 Å². The molecule has 1 aliphatic carbocycles. The smallest absolute Gasteiger partial charge is 0.327 e. The summed E-state index contributed by atoms with van der Waals surface area (Å²) in [6.45, 7) is 2.01. The highest BCUT2D eigenvalue weighted by molar-refractivity contribution is 6.07. The van der Waals surface area contributed by atoms with E-state index in [1.54, 1.807) is 4.90 Å². The van der Waals surface area contributed by atoms with E-state index in [1.807, 2.05) is 35.2 Å². The zero-order valence-corrected chi connectivity index (χ0v) is 16.7. The molecule has 0 radical (unpaired) electrons. The number of hydrogen-bond donors (Lipinski definition) is 0. The van der Waals surface area contributed by atoms with Gasteiger partial charge < -0.3 is 9.80 Å². The average Bonchev–Trinajstić information content (AvgIpc) is 3.58. The van der Waals surface area contributed by atoms with Crippen LogP contribution in [-0.4, -0.2) is 56.9 Å². The molecule has 156 valence electrons. The number of piperidine rings is 1. The van der Waals surface area contributed by atoms with E-state index < -0.39 is 11.4 Å². The molecule has 30 heavy (non-hydrogen) atoms. The molecule has 5 rings (SSSR count). The molecule has 3 heterocycles. The third-order valence-electron chi connectivity index (χ3n) is 6.42. The third kappa shape index (κ3) is 3.30. The van der Waals surface area contributed by atoms with Gasteiger partial charge in [-0.25, -0.2) is 19.2 Å². The van der Waals surface area contributed by atoms with Gasteiger partial charge in [0.05, 0.1) is 12.4 Å². The Morgan fingerprint density at radius 2 is 1.70 bits per heavy atom. The van der Waals surface area contributed by atoms with Crippen LogP contribution in [0.1, 0.15) is 31.2 Å². The lowest BCUT2D eigenvalue weighted by Crippen LogP contribution is -2.56. The first-order chi connectivity index (χ1) is 14.6. The zero-order valence-electron chi connectivity index (χ0n) is 16.7. The Hall–Kier alpha value is -3.03. The van der Waals surface area contributed by atoms with Gasteiger partial charge >= 0.3 is 6.03 Å². The highest BCUT2D eigenvalue weighted by atomic mass is 19.1. The molecular formula is C22H24FN5O2. The molecule has 1 saturated carbocycles. The number of amides is 3.